The smallest absolute Gasteiger partial charge is 0.229 e. The van der Waals surface area contributed by atoms with E-state index in [0.29, 0.717) is 13.0 Å². The number of ether oxygens (including phenoxy) is 1. The topological polar surface area (TPSA) is 55.3 Å². The number of carbonyl (C=O) groups is 1. The summed E-state index contributed by atoms with van der Waals surface area (Å²) in [5, 5.41) is 3.89. The Morgan fingerprint density at radius 1 is 1.16 bits per heavy atom. The van der Waals surface area contributed by atoms with Crippen molar-refractivity contribution in [2.24, 2.45) is 0 Å². The van der Waals surface area contributed by atoms with Gasteiger partial charge in [-0.2, -0.15) is 0 Å². The quantitative estimate of drug-likeness (QED) is 0.387. The molecule has 1 aliphatic rings. The van der Waals surface area contributed by atoms with E-state index in [0.717, 1.165) is 46.4 Å². The maximum atomic E-state index is 13.1. The van der Waals surface area contributed by atoms with Crippen molar-refractivity contribution in [2.75, 3.05) is 6.54 Å². The van der Waals surface area contributed by atoms with Gasteiger partial charge in [0, 0.05) is 11.9 Å². The van der Waals surface area contributed by atoms with Crippen molar-refractivity contribution < 1.29 is 9.53 Å². The lowest BCUT2D eigenvalue weighted by atomic mass is 10.2. The Hall–Kier alpha value is -2.77. The summed E-state index contributed by atoms with van der Waals surface area (Å²) in [5.74, 6) is 0.951. The average molecular weight is 450 g/mol. The van der Waals surface area contributed by atoms with E-state index in [1.54, 1.807) is 11.3 Å². The fourth-order valence-electron chi connectivity index (χ4n) is 3.89. The van der Waals surface area contributed by atoms with Crippen LogP contribution in [-0.4, -0.2) is 27.3 Å². The van der Waals surface area contributed by atoms with Gasteiger partial charge >= 0.3 is 0 Å². The first-order valence-corrected chi connectivity index (χ1v) is 12.1. The highest BCUT2D eigenvalue weighted by molar-refractivity contribution is 7.18. The molecule has 1 aliphatic heterocycles. The number of fused-ring (bicyclic) bond motifs is 1. The van der Waals surface area contributed by atoms with Crippen molar-refractivity contribution in [3.05, 3.63) is 75.2 Å². The number of para-hydroxylation sites is 1. The average Bonchev–Trinajstić information content (AvgIpc) is 3.52. The second-order valence-electron chi connectivity index (χ2n) is 7.78. The largest absolute Gasteiger partial charge is 0.486 e. The summed E-state index contributed by atoms with van der Waals surface area (Å²) in [6.45, 7) is 3.25. The van der Waals surface area contributed by atoms with E-state index < -0.39 is 0 Å². The molecule has 5 rings (SSSR count). The number of carbonyl (C=O) groups excluding carboxylic acids is 1. The maximum absolute atomic E-state index is 13.1. The first-order chi connectivity index (χ1) is 15.2. The molecule has 0 N–H and O–H groups in total. The van der Waals surface area contributed by atoms with Crippen LogP contribution in [0.4, 0.5) is 0 Å². The first-order valence-electron chi connectivity index (χ1n) is 10.4. The van der Waals surface area contributed by atoms with E-state index in [-0.39, 0.29) is 11.9 Å². The molecule has 1 amide bonds. The number of nitrogens with zero attached hydrogens (tertiary/aromatic N) is 3. The zero-order chi connectivity index (χ0) is 21.2. The third-order valence-corrected chi connectivity index (χ3v) is 7.49. The Morgan fingerprint density at radius 3 is 2.84 bits per heavy atom. The van der Waals surface area contributed by atoms with E-state index >= 15 is 0 Å². The fraction of sp³-hybridized carbons (Fsp3) is 0.292. The predicted octanol–water partition coefficient (Wildman–Crippen LogP) is 5.55. The Labute approximate surface area is 189 Å². The zero-order valence-electron chi connectivity index (χ0n) is 17.3. The van der Waals surface area contributed by atoms with Gasteiger partial charge in [-0.1, -0.05) is 29.8 Å². The first kappa shape index (κ1) is 20.2. The summed E-state index contributed by atoms with van der Waals surface area (Å²) in [6.07, 6.45) is 2.31. The van der Waals surface area contributed by atoms with Crippen LogP contribution in [0.1, 0.15) is 40.2 Å². The number of benzene rings is 2. The summed E-state index contributed by atoms with van der Waals surface area (Å²) in [5.41, 5.74) is 3.03. The number of aryl methyl sites for hydroxylation is 1. The molecule has 1 fully saturated rings. The second-order valence-corrected chi connectivity index (χ2v) is 9.78. The third kappa shape index (κ3) is 4.48. The molecule has 1 atom stereocenters. The summed E-state index contributed by atoms with van der Waals surface area (Å²) < 4.78 is 6.99. The van der Waals surface area contributed by atoms with Crippen LogP contribution in [0.15, 0.2) is 53.9 Å². The van der Waals surface area contributed by atoms with Crippen molar-refractivity contribution in [1.29, 1.82) is 0 Å². The number of aromatic nitrogens is 2. The second kappa shape index (κ2) is 8.77. The number of hydrogen-bond donors (Lipinski definition) is 0. The van der Waals surface area contributed by atoms with E-state index in [2.05, 4.69) is 18.0 Å². The van der Waals surface area contributed by atoms with Gasteiger partial charge < -0.3 is 9.64 Å². The van der Waals surface area contributed by atoms with Crippen LogP contribution >= 0.6 is 22.7 Å². The molecule has 5 nitrogen and oxygen atoms in total. The van der Waals surface area contributed by atoms with Crippen molar-refractivity contribution in [3.63, 3.8) is 0 Å². The maximum Gasteiger partial charge on any atom is 0.229 e. The summed E-state index contributed by atoms with van der Waals surface area (Å²) >= 11 is 3.24. The molecule has 1 saturated heterocycles. The van der Waals surface area contributed by atoms with Gasteiger partial charge in [-0.05, 0) is 44.0 Å². The minimum absolute atomic E-state index is 0.0767. The number of amides is 1. The molecule has 0 bridgehead atoms. The van der Waals surface area contributed by atoms with Crippen LogP contribution in [0.5, 0.6) is 5.75 Å². The van der Waals surface area contributed by atoms with Gasteiger partial charge in [0.05, 0.1) is 28.4 Å². The van der Waals surface area contributed by atoms with Gasteiger partial charge in [0.15, 0.2) is 0 Å². The lowest BCUT2D eigenvalue weighted by Gasteiger charge is -2.22. The minimum atomic E-state index is 0.0767. The van der Waals surface area contributed by atoms with Gasteiger partial charge in [0.1, 0.15) is 22.4 Å². The van der Waals surface area contributed by atoms with E-state index in [9.17, 15) is 4.79 Å². The standard InChI is InChI=1S/C24H23N3O2S2/c1-16-8-10-18(11-9-16)29-14-22-25-17(15-30-22)13-23(28)27-12-4-6-20(27)24-26-19-5-2-3-7-21(19)31-24/h2-3,5,7-11,15,20H,4,6,12-14H2,1H3. The number of likely N-dealkylation sites (tertiary alicyclic amines) is 1. The third-order valence-electron chi connectivity index (χ3n) is 5.48. The van der Waals surface area contributed by atoms with Crippen molar-refractivity contribution in [2.45, 2.75) is 38.8 Å². The van der Waals surface area contributed by atoms with Gasteiger partial charge in [-0.3, -0.25) is 4.79 Å². The fourth-order valence-corrected chi connectivity index (χ4v) is 5.71. The van der Waals surface area contributed by atoms with E-state index in [4.69, 9.17) is 9.72 Å². The highest BCUT2D eigenvalue weighted by atomic mass is 32.1. The van der Waals surface area contributed by atoms with Gasteiger partial charge in [0.2, 0.25) is 5.91 Å². The van der Waals surface area contributed by atoms with Gasteiger partial charge in [-0.25, -0.2) is 9.97 Å². The highest BCUT2D eigenvalue weighted by Crippen LogP contribution is 2.36. The van der Waals surface area contributed by atoms with Crippen LogP contribution in [0.2, 0.25) is 0 Å². The van der Waals surface area contributed by atoms with Crippen LogP contribution in [0.3, 0.4) is 0 Å². The van der Waals surface area contributed by atoms with Crippen molar-refractivity contribution in [1.82, 2.24) is 14.9 Å². The van der Waals surface area contributed by atoms with E-state index in [1.807, 2.05) is 52.7 Å². The molecular weight excluding hydrogens is 426 g/mol. The molecule has 7 heteroatoms. The van der Waals surface area contributed by atoms with Crippen molar-refractivity contribution in [3.8, 4) is 5.75 Å². The Balaban J connectivity index is 1.22. The molecule has 0 saturated carbocycles. The minimum Gasteiger partial charge on any atom is -0.486 e. The summed E-state index contributed by atoms with van der Waals surface area (Å²) in [7, 11) is 0. The van der Waals surface area contributed by atoms with Crippen LogP contribution < -0.4 is 4.74 Å². The van der Waals surface area contributed by atoms with Crippen LogP contribution in [0.25, 0.3) is 10.2 Å². The summed E-state index contributed by atoms with van der Waals surface area (Å²) in [6, 6.07) is 16.2. The number of hydrogen-bond acceptors (Lipinski definition) is 6. The van der Waals surface area contributed by atoms with Gasteiger partial charge in [0.25, 0.3) is 0 Å². The molecule has 3 heterocycles. The molecule has 31 heavy (non-hydrogen) atoms. The number of thiazole rings is 2. The molecule has 2 aromatic carbocycles. The Morgan fingerprint density at radius 2 is 2.00 bits per heavy atom. The SMILES string of the molecule is Cc1ccc(OCc2nc(CC(=O)N3CCCC3c3nc4ccccc4s3)cs2)cc1. The summed E-state index contributed by atoms with van der Waals surface area (Å²) in [4.78, 5) is 24.5. The molecule has 2 aromatic heterocycles. The van der Waals surface area contributed by atoms with E-state index in [1.165, 1.54) is 21.6 Å². The molecular formula is C24H23N3O2S2. The molecule has 0 spiro atoms. The zero-order valence-corrected chi connectivity index (χ0v) is 18.9. The Bertz CT molecular complexity index is 1170. The molecule has 1 unspecified atom stereocenters. The molecule has 158 valence electrons. The predicted molar refractivity (Wildman–Crippen MR) is 125 cm³/mol. The lowest BCUT2D eigenvalue weighted by Crippen LogP contribution is -2.31. The van der Waals surface area contributed by atoms with Crippen molar-refractivity contribution >= 4 is 38.8 Å². The van der Waals surface area contributed by atoms with Crippen LogP contribution in [-0.2, 0) is 17.8 Å². The Kier molecular flexibility index (Phi) is 5.70. The molecule has 4 aromatic rings. The van der Waals surface area contributed by atoms with Crippen LogP contribution in [0, 0.1) is 6.92 Å². The molecule has 0 radical (unpaired) electrons. The monoisotopic (exact) mass is 449 g/mol. The normalized spacial score (nSPS) is 16.2. The lowest BCUT2D eigenvalue weighted by molar-refractivity contribution is -0.131. The number of rotatable bonds is 6. The highest BCUT2D eigenvalue weighted by Gasteiger charge is 2.32. The van der Waals surface area contributed by atoms with Gasteiger partial charge in [-0.15, -0.1) is 22.7 Å². The molecule has 0 aliphatic carbocycles.